The van der Waals surface area contributed by atoms with Gasteiger partial charge in [-0.15, -0.1) is 0 Å². The molecule has 11 heteroatoms. The van der Waals surface area contributed by atoms with Crippen LogP contribution in [-0.2, 0) is 9.09 Å². The molecule has 3 aromatic rings. The molecule has 2 aromatic carbocycles. The number of hydrogen-bond donors (Lipinski definition) is 2. The molecule has 9 nitrogen and oxygen atoms in total. The van der Waals surface area contributed by atoms with Crippen LogP contribution >= 0.6 is 19.4 Å². The van der Waals surface area contributed by atoms with Crippen molar-refractivity contribution in [1.29, 1.82) is 0 Å². The second kappa shape index (κ2) is 7.55. The number of rotatable bonds is 5. The van der Waals surface area contributed by atoms with Gasteiger partial charge in [0.1, 0.15) is 0 Å². The molecule has 162 valence electrons. The summed E-state index contributed by atoms with van der Waals surface area (Å²) in [5.41, 5.74) is 1.38. The Bertz CT molecular complexity index is 1330. The van der Waals surface area contributed by atoms with Gasteiger partial charge in [-0.1, -0.05) is 11.6 Å². The summed E-state index contributed by atoms with van der Waals surface area (Å²) in [6.45, 7) is 3.30. The molecule has 0 amide bonds. The van der Waals surface area contributed by atoms with E-state index in [2.05, 4.69) is 4.98 Å². The van der Waals surface area contributed by atoms with E-state index in [9.17, 15) is 14.2 Å². The quantitative estimate of drug-likeness (QED) is 0.433. The highest BCUT2D eigenvalue weighted by atomic mass is 35.5. The SMILES string of the molecule is CC(OP(=O)(O)O)C(C)N(C)c1ccc2c(=O)n3c(nc2c1)C(=O)c1cc(Cl)ccc1-3. The van der Waals surface area contributed by atoms with Crippen molar-refractivity contribution in [1.82, 2.24) is 9.55 Å². The van der Waals surface area contributed by atoms with Gasteiger partial charge < -0.3 is 14.7 Å². The number of hydrogen-bond acceptors (Lipinski definition) is 6. The molecular weight excluding hydrogens is 445 g/mol. The van der Waals surface area contributed by atoms with E-state index in [1.165, 1.54) is 10.6 Å². The van der Waals surface area contributed by atoms with Crippen molar-refractivity contribution in [3.63, 3.8) is 0 Å². The van der Waals surface area contributed by atoms with E-state index in [0.29, 0.717) is 32.9 Å². The molecule has 0 radical (unpaired) electrons. The molecule has 0 saturated heterocycles. The van der Waals surface area contributed by atoms with E-state index in [4.69, 9.17) is 25.9 Å². The predicted molar refractivity (Wildman–Crippen MR) is 116 cm³/mol. The first-order chi connectivity index (χ1) is 14.5. The maximum Gasteiger partial charge on any atom is 0.469 e. The smallest absolute Gasteiger partial charge is 0.369 e. The number of anilines is 1. The van der Waals surface area contributed by atoms with Crippen molar-refractivity contribution in [2.24, 2.45) is 0 Å². The van der Waals surface area contributed by atoms with E-state index in [1.54, 1.807) is 56.1 Å². The number of carbonyl (C=O) groups excluding carboxylic acids is 1. The molecule has 0 bridgehead atoms. The van der Waals surface area contributed by atoms with Crippen molar-refractivity contribution in [3.05, 3.63) is 63.2 Å². The molecule has 1 aromatic heterocycles. The average molecular weight is 464 g/mol. The molecular formula is C20H19ClN3O6P. The first kappa shape index (κ1) is 21.7. The van der Waals surface area contributed by atoms with E-state index in [1.807, 2.05) is 0 Å². The number of aromatic nitrogens is 2. The lowest BCUT2D eigenvalue weighted by molar-refractivity contribution is 0.103. The van der Waals surface area contributed by atoms with Gasteiger partial charge in [0.15, 0.2) is 5.82 Å². The van der Waals surface area contributed by atoms with E-state index in [0.717, 1.165) is 0 Å². The van der Waals surface area contributed by atoms with Crippen LogP contribution in [-0.4, -0.2) is 44.3 Å². The van der Waals surface area contributed by atoms with Crippen molar-refractivity contribution in [2.45, 2.75) is 26.0 Å². The zero-order valence-corrected chi connectivity index (χ0v) is 18.5. The number of phosphoric ester groups is 1. The minimum atomic E-state index is -4.63. The lowest BCUT2D eigenvalue weighted by atomic mass is 10.1. The molecule has 1 aliphatic heterocycles. The third kappa shape index (κ3) is 3.79. The summed E-state index contributed by atoms with van der Waals surface area (Å²) < 4.78 is 17.2. The molecule has 2 heterocycles. The van der Waals surface area contributed by atoms with Gasteiger partial charge in [0.2, 0.25) is 5.78 Å². The van der Waals surface area contributed by atoms with Crippen LogP contribution in [0.2, 0.25) is 5.02 Å². The molecule has 1 aliphatic rings. The second-order valence-corrected chi connectivity index (χ2v) is 9.05. The standard InChI is InChI=1S/C20H19ClN3O6P/c1-10(11(2)30-31(27,28)29)23(3)13-5-6-14-16(9-13)22-19-18(25)15-8-12(21)4-7-17(15)24(19)20(14)26/h4-11H,1-3H3,(H2,27,28,29). The lowest BCUT2D eigenvalue weighted by Crippen LogP contribution is -2.38. The van der Waals surface area contributed by atoms with Crippen molar-refractivity contribution in [3.8, 4) is 5.69 Å². The second-order valence-electron chi connectivity index (χ2n) is 7.42. The number of fused-ring (bicyclic) bond motifs is 4. The highest BCUT2D eigenvalue weighted by Gasteiger charge is 2.31. The van der Waals surface area contributed by atoms with Gasteiger partial charge in [0.05, 0.1) is 34.3 Å². The third-order valence-electron chi connectivity index (χ3n) is 5.50. The van der Waals surface area contributed by atoms with Crippen LogP contribution in [0.3, 0.4) is 0 Å². The van der Waals surface area contributed by atoms with Crippen molar-refractivity contribution >= 4 is 41.8 Å². The van der Waals surface area contributed by atoms with Gasteiger partial charge >= 0.3 is 7.82 Å². The van der Waals surface area contributed by atoms with Gasteiger partial charge in [0, 0.05) is 17.8 Å². The fraction of sp³-hybridized carbons (Fsp3) is 0.250. The maximum atomic E-state index is 13.1. The van der Waals surface area contributed by atoms with E-state index in [-0.39, 0.29) is 17.2 Å². The minimum absolute atomic E-state index is 0.0146. The predicted octanol–water partition coefficient (Wildman–Crippen LogP) is 2.91. The number of phosphoric acid groups is 1. The molecule has 0 aliphatic carbocycles. The highest BCUT2D eigenvalue weighted by Crippen LogP contribution is 2.39. The largest absolute Gasteiger partial charge is 0.469 e. The summed E-state index contributed by atoms with van der Waals surface area (Å²) in [5.74, 6) is -0.367. The number of benzene rings is 2. The fourth-order valence-electron chi connectivity index (χ4n) is 3.63. The van der Waals surface area contributed by atoms with Crippen LogP contribution in [0, 0.1) is 0 Å². The Morgan fingerprint density at radius 2 is 1.87 bits per heavy atom. The molecule has 31 heavy (non-hydrogen) atoms. The van der Waals surface area contributed by atoms with Crippen LogP contribution in [0.4, 0.5) is 5.69 Å². The van der Waals surface area contributed by atoms with Gasteiger partial charge in [-0.05, 0) is 50.2 Å². The Labute approximate surface area is 182 Å². The number of nitrogens with zero attached hydrogens (tertiary/aromatic N) is 3. The maximum absolute atomic E-state index is 13.1. The Hall–Kier alpha value is -2.55. The molecule has 0 spiro atoms. The Morgan fingerprint density at radius 1 is 1.16 bits per heavy atom. The summed E-state index contributed by atoms with van der Waals surface area (Å²) in [6, 6.07) is 9.31. The van der Waals surface area contributed by atoms with Gasteiger partial charge in [-0.3, -0.25) is 18.7 Å². The highest BCUT2D eigenvalue weighted by molar-refractivity contribution is 7.46. The summed E-state index contributed by atoms with van der Waals surface area (Å²) in [4.78, 5) is 50.2. The van der Waals surface area contributed by atoms with Crippen LogP contribution in [0.25, 0.3) is 16.6 Å². The van der Waals surface area contributed by atoms with Crippen molar-refractivity contribution < 1.29 is 23.7 Å². The first-order valence-corrected chi connectivity index (χ1v) is 11.3. The third-order valence-corrected chi connectivity index (χ3v) is 6.34. The molecule has 2 atom stereocenters. The van der Waals surface area contributed by atoms with Gasteiger partial charge in [0.25, 0.3) is 5.56 Å². The summed E-state index contributed by atoms with van der Waals surface area (Å²) in [5, 5.41) is 0.728. The summed E-state index contributed by atoms with van der Waals surface area (Å²) in [6.07, 6.45) is -0.777. The first-order valence-electron chi connectivity index (χ1n) is 9.36. The zero-order valence-electron chi connectivity index (χ0n) is 16.8. The van der Waals surface area contributed by atoms with Gasteiger partial charge in [-0.2, -0.15) is 0 Å². The number of ketones is 1. The number of halogens is 1. The van der Waals surface area contributed by atoms with Crippen LogP contribution in [0.5, 0.6) is 0 Å². The summed E-state index contributed by atoms with van der Waals surface area (Å²) >= 11 is 6.00. The van der Waals surface area contributed by atoms with Gasteiger partial charge in [-0.25, -0.2) is 9.55 Å². The molecule has 2 unspecified atom stereocenters. The topological polar surface area (TPSA) is 122 Å². The molecule has 2 N–H and O–H groups in total. The Morgan fingerprint density at radius 3 is 2.55 bits per heavy atom. The lowest BCUT2D eigenvalue weighted by Gasteiger charge is -2.31. The van der Waals surface area contributed by atoms with Crippen LogP contribution < -0.4 is 10.5 Å². The van der Waals surface area contributed by atoms with E-state index >= 15 is 0 Å². The average Bonchev–Trinajstić information content (AvgIpc) is 2.97. The van der Waals surface area contributed by atoms with Crippen molar-refractivity contribution in [2.75, 3.05) is 11.9 Å². The fourth-order valence-corrected chi connectivity index (χ4v) is 4.41. The van der Waals surface area contributed by atoms with Crippen LogP contribution in [0.1, 0.15) is 30.0 Å². The number of carbonyl (C=O) groups is 1. The minimum Gasteiger partial charge on any atom is -0.369 e. The Balaban J connectivity index is 1.76. The normalized spacial score (nSPS) is 15.0. The monoisotopic (exact) mass is 463 g/mol. The van der Waals surface area contributed by atoms with E-state index < -0.39 is 20.0 Å². The van der Waals surface area contributed by atoms with Crippen LogP contribution in [0.15, 0.2) is 41.2 Å². The zero-order chi connectivity index (χ0) is 22.7. The number of likely N-dealkylation sites (N-methyl/N-ethyl adjacent to an activating group) is 1. The molecule has 0 fully saturated rings. The molecule has 4 rings (SSSR count). The Kier molecular flexibility index (Phi) is 5.28. The summed E-state index contributed by atoms with van der Waals surface area (Å²) in [7, 11) is -2.90. The molecule has 0 saturated carbocycles.